The van der Waals surface area contributed by atoms with E-state index in [-0.39, 0.29) is 31.3 Å². The maximum Gasteiger partial charge on any atom is 0.342 e. The highest BCUT2D eigenvalue weighted by atomic mass is 16.5. The van der Waals surface area contributed by atoms with E-state index in [1.54, 1.807) is 13.2 Å². The standard InChI is InChI=1S/C35H52O8/c1-7-22-41-34-28(33(39-6)27(5)29-24-42-35(38)32(29)34)20-18-26(4)19-21-30(36)40-23-16-14-12-10-8-9-11-13-15-17-31(37)43-25(2)3/h7,18,25H,1,8-17,19-24H2,2-6H3/b26-18+. The molecule has 1 aliphatic rings. The van der Waals surface area contributed by atoms with Gasteiger partial charge in [-0.05, 0) is 58.9 Å². The predicted molar refractivity (Wildman–Crippen MR) is 168 cm³/mol. The van der Waals surface area contributed by atoms with Gasteiger partial charge in [0.2, 0.25) is 0 Å². The summed E-state index contributed by atoms with van der Waals surface area (Å²) >= 11 is 0. The van der Waals surface area contributed by atoms with Crippen molar-refractivity contribution < 1.29 is 38.1 Å². The van der Waals surface area contributed by atoms with E-state index in [2.05, 4.69) is 6.58 Å². The summed E-state index contributed by atoms with van der Waals surface area (Å²) in [6.45, 7) is 12.3. The summed E-state index contributed by atoms with van der Waals surface area (Å²) in [6, 6.07) is 0. The van der Waals surface area contributed by atoms with Crippen molar-refractivity contribution in [2.24, 2.45) is 0 Å². The molecule has 0 fully saturated rings. The zero-order chi connectivity index (χ0) is 31.6. The van der Waals surface area contributed by atoms with Gasteiger partial charge < -0.3 is 23.7 Å². The molecule has 0 saturated heterocycles. The Kier molecular flexibility index (Phi) is 16.5. The Morgan fingerprint density at radius 1 is 0.930 bits per heavy atom. The van der Waals surface area contributed by atoms with Gasteiger partial charge >= 0.3 is 17.9 Å². The number of rotatable bonds is 22. The molecule has 0 atom stereocenters. The summed E-state index contributed by atoms with van der Waals surface area (Å²) in [5, 5.41) is 0. The van der Waals surface area contributed by atoms with Crippen molar-refractivity contribution in [3.05, 3.63) is 46.6 Å². The number of esters is 3. The zero-order valence-corrected chi connectivity index (χ0v) is 27.0. The number of methoxy groups -OCH3 is 1. The molecule has 1 aromatic rings. The third-order valence-corrected chi connectivity index (χ3v) is 7.51. The van der Waals surface area contributed by atoms with Gasteiger partial charge in [0.05, 0.1) is 19.8 Å². The molecule has 0 aliphatic carbocycles. The first kappa shape index (κ1) is 35.9. The summed E-state index contributed by atoms with van der Waals surface area (Å²) in [4.78, 5) is 36.3. The van der Waals surface area contributed by atoms with Crippen molar-refractivity contribution in [2.45, 2.75) is 124 Å². The first-order valence-electron chi connectivity index (χ1n) is 15.8. The predicted octanol–water partition coefficient (Wildman–Crippen LogP) is 7.90. The van der Waals surface area contributed by atoms with Crippen molar-refractivity contribution in [3.63, 3.8) is 0 Å². The monoisotopic (exact) mass is 600 g/mol. The maximum absolute atomic E-state index is 12.5. The Morgan fingerprint density at radius 2 is 1.58 bits per heavy atom. The summed E-state index contributed by atoms with van der Waals surface area (Å²) in [5.41, 5.74) is 3.95. The molecule has 1 aliphatic heterocycles. The highest BCUT2D eigenvalue weighted by molar-refractivity contribution is 5.98. The van der Waals surface area contributed by atoms with Gasteiger partial charge in [-0.25, -0.2) is 4.79 Å². The Balaban J connectivity index is 1.66. The van der Waals surface area contributed by atoms with Gasteiger partial charge in [0.1, 0.15) is 30.3 Å². The number of carbonyl (C=O) groups is 3. The number of carbonyl (C=O) groups excluding carboxylic acids is 3. The minimum absolute atomic E-state index is 0.0342. The lowest BCUT2D eigenvalue weighted by atomic mass is 9.94. The Morgan fingerprint density at radius 3 is 2.21 bits per heavy atom. The average Bonchev–Trinajstić information content (AvgIpc) is 3.36. The van der Waals surface area contributed by atoms with Crippen molar-refractivity contribution in [1.29, 1.82) is 0 Å². The lowest BCUT2D eigenvalue weighted by Gasteiger charge is -2.19. The molecule has 8 heteroatoms. The molecule has 0 unspecified atom stereocenters. The number of hydrogen-bond acceptors (Lipinski definition) is 8. The smallest absolute Gasteiger partial charge is 0.342 e. The zero-order valence-electron chi connectivity index (χ0n) is 27.0. The second kappa shape index (κ2) is 19.8. The average molecular weight is 601 g/mol. The molecule has 8 nitrogen and oxygen atoms in total. The molecule has 43 heavy (non-hydrogen) atoms. The fourth-order valence-corrected chi connectivity index (χ4v) is 5.18. The third kappa shape index (κ3) is 12.5. The van der Waals surface area contributed by atoms with Gasteiger partial charge in [0.25, 0.3) is 0 Å². The molecule has 2 rings (SSSR count). The van der Waals surface area contributed by atoms with Gasteiger partial charge in [0, 0.05) is 24.0 Å². The molecule has 0 saturated carbocycles. The van der Waals surface area contributed by atoms with E-state index in [4.69, 9.17) is 23.7 Å². The number of unbranched alkanes of at least 4 members (excludes halogenated alkanes) is 8. The van der Waals surface area contributed by atoms with Gasteiger partial charge in [-0.3, -0.25) is 9.59 Å². The molecule has 1 heterocycles. The van der Waals surface area contributed by atoms with Crippen LogP contribution in [0, 0.1) is 6.92 Å². The van der Waals surface area contributed by atoms with E-state index in [1.807, 2.05) is 33.8 Å². The maximum atomic E-state index is 12.5. The lowest BCUT2D eigenvalue weighted by molar-refractivity contribution is -0.147. The van der Waals surface area contributed by atoms with E-state index in [0.717, 1.165) is 60.8 Å². The number of cyclic esters (lactones) is 1. The van der Waals surface area contributed by atoms with Gasteiger partial charge in [-0.2, -0.15) is 0 Å². The van der Waals surface area contributed by atoms with Crippen LogP contribution in [0.1, 0.15) is 125 Å². The molecule has 0 radical (unpaired) electrons. The fraction of sp³-hybridized carbons (Fsp3) is 0.629. The Labute approximate surface area is 258 Å². The molecular formula is C35H52O8. The van der Waals surface area contributed by atoms with E-state index in [9.17, 15) is 14.4 Å². The van der Waals surface area contributed by atoms with Gasteiger partial charge in [0.15, 0.2) is 0 Å². The molecule has 0 amide bonds. The van der Waals surface area contributed by atoms with Crippen LogP contribution in [0.15, 0.2) is 24.3 Å². The highest BCUT2D eigenvalue weighted by Gasteiger charge is 2.33. The SMILES string of the molecule is C=CCOc1c(C/C=C(\C)CCC(=O)OCCCCCCCCCCCC(=O)OC(C)C)c(OC)c(C)c2c1C(=O)OC2. The van der Waals surface area contributed by atoms with Gasteiger partial charge in [-0.15, -0.1) is 0 Å². The first-order chi connectivity index (χ1) is 20.7. The molecule has 1 aromatic carbocycles. The summed E-state index contributed by atoms with van der Waals surface area (Å²) < 4.78 is 27.5. The second-order valence-corrected chi connectivity index (χ2v) is 11.4. The summed E-state index contributed by atoms with van der Waals surface area (Å²) in [7, 11) is 1.61. The number of allylic oxidation sites excluding steroid dienone is 2. The van der Waals surface area contributed by atoms with Crippen LogP contribution in [0.5, 0.6) is 11.5 Å². The van der Waals surface area contributed by atoms with Crippen LogP contribution in [-0.2, 0) is 36.8 Å². The molecule has 0 aromatic heterocycles. The van der Waals surface area contributed by atoms with E-state index >= 15 is 0 Å². The minimum atomic E-state index is -0.390. The van der Waals surface area contributed by atoms with E-state index in [0.29, 0.717) is 49.4 Å². The quantitative estimate of drug-likeness (QED) is 0.0573. The number of ether oxygens (including phenoxy) is 5. The number of fused-ring (bicyclic) bond motifs is 1. The highest BCUT2D eigenvalue weighted by Crippen LogP contribution is 2.43. The van der Waals surface area contributed by atoms with Crippen molar-refractivity contribution in [2.75, 3.05) is 20.3 Å². The lowest BCUT2D eigenvalue weighted by Crippen LogP contribution is -2.10. The van der Waals surface area contributed by atoms with Crippen LogP contribution in [0.2, 0.25) is 0 Å². The molecular weight excluding hydrogens is 548 g/mol. The molecule has 0 N–H and O–H groups in total. The normalized spacial score (nSPS) is 12.6. The molecule has 0 spiro atoms. The minimum Gasteiger partial charge on any atom is -0.496 e. The Hall–Kier alpha value is -3.29. The van der Waals surface area contributed by atoms with E-state index < -0.39 is 5.97 Å². The van der Waals surface area contributed by atoms with Crippen LogP contribution < -0.4 is 9.47 Å². The third-order valence-electron chi connectivity index (χ3n) is 7.51. The van der Waals surface area contributed by atoms with Crippen LogP contribution in [-0.4, -0.2) is 44.3 Å². The molecule has 240 valence electrons. The van der Waals surface area contributed by atoms with Crippen LogP contribution in [0.4, 0.5) is 0 Å². The summed E-state index contributed by atoms with van der Waals surface area (Å²) in [6.07, 6.45) is 15.3. The number of hydrogen-bond donors (Lipinski definition) is 0. The number of benzene rings is 1. The van der Waals surface area contributed by atoms with Gasteiger partial charge in [-0.1, -0.05) is 69.2 Å². The van der Waals surface area contributed by atoms with Crippen LogP contribution in [0.3, 0.4) is 0 Å². The fourth-order valence-electron chi connectivity index (χ4n) is 5.18. The van der Waals surface area contributed by atoms with Crippen LogP contribution in [0.25, 0.3) is 0 Å². The van der Waals surface area contributed by atoms with Crippen LogP contribution >= 0.6 is 0 Å². The van der Waals surface area contributed by atoms with E-state index in [1.165, 1.54) is 19.3 Å². The van der Waals surface area contributed by atoms with Crippen molar-refractivity contribution in [1.82, 2.24) is 0 Å². The van der Waals surface area contributed by atoms with Crippen molar-refractivity contribution in [3.8, 4) is 11.5 Å². The second-order valence-electron chi connectivity index (χ2n) is 11.4. The summed E-state index contributed by atoms with van der Waals surface area (Å²) in [5.74, 6) is 0.487. The Bertz CT molecular complexity index is 1100. The topological polar surface area (TPSA) is 97.4 Å². The molecule has 0 bridgehead atoms. The van der Waals surface area contributed by atoms with Crippen molar-refractivity contribution >= 4 is 17.9 Å². The largest absolute Gasteiger partial charge is 0.496 e. The first-order valence-corrected chi connectivity index (χ1v) is 15.8.